The first-order valence-electron chi connectivity index (χ1n) is 16.3. The Morgan fingerprint density at radius 2 is 0.913 bits per heavy atom. The third-order valence-corrected chi connectivity index (χ3v) is 33.8. The molecule has 4 aromatic carbocycles. The standard InChI is InChI=1S/2C19H21Si.C2H6Si.2ClH.Zr/c2*1-14-11-15-8-6-10-18(19(15)12-14)16-7-5-9-17(13-16)20(2,3)4;1-3-2;;;/h2*5-13H,1-4H3;1-2H3;2*1H;/q;;;;;+2/p-2. The average molecular weight is 775 g/mol. The van der Waals surface area contributed by atoms with E-state index in [0.717, 1.165) is 0 Å². The number of fused-ring (bicyclic) bond motifs is 2. The average Bonchev–Trinajstić information content (AvgIpc) is 3.48. The summed E-state index contributed by atoms with van der Waals surface area (Å²) in [5.74, 6) is 0. The predicted octanol–water partition coefficient (Wildman–Crippen LogP) is 4.60. The van der Waals surface area contributed by atoms with Crippen molar-refractivity contribution in [3.05, 3.63) is 118 Å². The van der Waals surface area contributed by atoms with E-state index in [9.17, 15) is 0 Å². The molecule has 0 heterocycles. The molecule has 0 spiro atoms. The summed E-state index contributed by atoms with van der Waals surface area (Å²) in [5, 5.41) is 3.09. The van der Waals surface area contributed by atoms with Gasteiger partial charge in [0.25, 0.3) is 0 Å². The zero-order valence-electron chi connectivity index (χ0n) is 29.1. The Hall–Kier alpha value is -1.53. The molecule has 0 radical (unpaired) electrons. The van der Waals surface area contributed by atoms with E-state index in [1.165, 1.54) is 33.4 Å². The van der Waals surface area contributed by atoms with Gasteiger partial charge in [0, 0.05) is 0 Å². The molecule has 238 valence electrons. The number of rotatable bonds is 6. The Kier molecular flexibility index (Phi) is 11.5. The molecule has 0 aromatic heterocycles. The molecule has 0 saturated heterocycles. The van der Waals surface area contributed by atoms with Crippen molar-refractivity contribution in [1.29, 1.82) is 0 Å². The van der Waals surface area contributed by atoms with Crippen LogP contribution in [0.4, 0.5) is 0 Å². The zero-order valence-corrected chi connectivity index (χ0v) is 36.1. The fourth-order valence-corrected chi connectivity index (χ4v) is 30.6. The SMILES string of the molecule is CC1=Cc2c(-c3cccc([Si](C)(C)C)c3)cccc2[CH]1[Zr+2]([CH]1C(C)=Cc2c(-c3cccc([Si](C)(C)C)c3)cccc21)=[Si](C)C.[Cl-].[Cl-]. The molecule has 0 saturated carbocycles. The van der Waals surface area contributed by atoms with Crippen LogP contribution in [0.3, 0.4) is 0 Å². The number of halogens is 2. The Labute approximate surface area is 300 Å². The predicted molar refractivity (Wildman–Crippen MR) is 200 cm³/mol. The van der Waals surface area contributed by atoms with Crippen LogP contribution in [0.5, 0.6) is 0 Å². The van der Waals surface area contributed by atoms with Gasteiger partial charge in [-0.05, 0) is 0 Å². The van der Waals surface area contributed by atoms with Gasteiger partial charge in [-0.25, -0.2) is 0 Å². The molecule has 4 aromatic rings. The van der Waals surface area contributed by atoms with E-state index in [2.05, 4.69) is 163 Å². The van der Waals surface area contributed by atoms with Crippen molar-refractivity contribution in [2.45, 2.75) is 73.5 Å². The second kappa shape index (κ2) is 14.1. The zero-order chi connectivity index (χ0) is 31.6. The normalized spacial score (nSPS) is 16.6. The second-order valence-corrected chi connectivity index (χ2v) is 43.4. The molecule has 2 aliphatic rings. The fraction of sp³-hybridized carbons (Fsp3) is 0.300. The van der Waals surface area contributed by atoms with Crippen molar-refractivity contribution in [3.63, 3.8) is 0 Å². The smallest absolute Gasteiger partial charge is 1.00 e. The van der Waals surface area contributed by atoms with Gasteiger partial charge in [0.15, 0.2) is 0 Å². The van der Waals surface area contributed by atoms with E-state index in [-0.39, 0.29) is 24.8 Å². The molecule has 0 amide bonds. The minimum Gasteiger partial charge on any atom is -1.00 e. The van der Waals surface area contributed by atoms with E-state index < -0.39 is 41.9 Å². The Balaban J connectivity index is 0.00000240. The summed E-state index contributed by atoms with van der Waals surface area (Å²) in [6, 6.07) is 33.3. The number of hydrogen-bond donors (Lipinski definition) is 0. The Bertz CT molecular complexity index is 1750. The van der Waals surface area contributed by atoms with Crippen LogP contribution in [0, 0.1) is 0 Å². The molecular weight excluding hydrogens is 727 g/mol. The van der Waals surface area contributed by atoms with Crippen molar-refractivity contribution in [3.8, 4) is 22.3 Å². The van der Waals surface area contributed by atoms with Crippen LogP contribution >= 0.6 is 0 Å². The molecule has 0 bridgehead atoms. The van der Waals surface area contributed by atoms with E-state index in [1.807, 2.05) is 0 Å². The van der Waals surface area contributed by atoms with Gasteiger partial charge in [-0.3, -0.25) is 0 Å². The van der Waals surface area contributed by atoms with Crippen molar-refractivity contribution >= 4 is 44.1 Å². The van der Waals surface area contributed by atoms with Gasteiger partial charge in [-0.15, -0.1) is 0 Å². The number of benzene rings is 4. The summed E-state index contributed by atoms with van der Waals surface area (Å²) in [4.78, 5) is 0. The molecule has 0 fully saturated rings. The van der Waals surface area contributed by atoms with Gasteiger partial charge in [-0.2, -0.15) is 0 Å². The molecule has 0 nitrogen and oxygen atoms in total. The van der Waals surface area contributed by atoms with Gasteiger partial charge in [0.1, 0.15) is 0 Å². The molecule has 6 rings (SSSR count). The van der Waals surface area contributed by atoms with Crippen LogP contribution in [-0.2, 0) is 20.4 Å². The molecule has 2 aliphatic carbocycles. The van der Waals surface area contributed by atoms with E-state index in [1.54, 1.807) is 32.6 Å². The van der Waals surface area contributed by atoms with E-state index in [4.69, 9.17) is 0 Å². The maximum absolute atomic E-state index is 2.64. The minimum absolute atomic E-state index is 0. The van der Waals surface area contributed by atoms with Gasteiger partial charge in [-0.1, -0.05) is 0 Å². The van der Waals surface area contributed by atoms with Crippen LogP contribution in [-0.4, -0.2) is 21.6 Å². The molecule has 2 atom stereocenters. The molecule has 6 heteroatoms. The van der Waals surface area contributed by atoms with Gasteiger partial charge in [0.2, 0.25) is 0 Å². The summed E-state index contributed by atoms with van der Waals surface area (Å²) < 4.78 is 1.30. The van der Waals surface area contributed by atoms with Crippen molar-refractivity contribution in [2.24, 2.45) is 0 Å². The third kappa shape index (κ3) is 6.96. The van der Waals surface area contributed by atoms with Crippen molar-refractivity contribution in [1.82, 2.24) is 0 Å². The second-order valence-electron chi connectivity index (χ2n) is 15.4. The first-order chi connectivity index (χ1) is 20.8. The Morgan fingerprint density at radius 1 is 0.543 bits per heavy atom. The minimum atomic E-state index is -2.12. The molecule has 0 aliphatic heterocycles. The van der Waals surface area contributed by atoms with Crippen LogP contribution < -0.4 is 35.2 Å². The summed E-state index contributed by atoms with van der Waals surface area (Å²) in [5.41, 5.74) is 14.7. The molecular formula is C40H48Cl2Si3Zr. The first-order valence-corrected chi connectivity index (χ1v) is 32.3. The molecule has 46 heavy (non-hydrogen) atoms. The van der Waals surface area contributed by atoms with Gasteiger partial charge >= 0.3 is 279 Å². The third-order valence-electron chi connectivity index (χ3n) is 9.83. The van der Waals surface area contributed by atoms with Crippen molar-refractivity contribution < 1.29 is 45.2 Å². The van der Waals surface area contributed by atoms with Crippen LogP contribution in [0.2, 0.25) is 52.4 Å². The van der Waals surface area contributed by atoms with Crippen LogP contribution in [0.1, 0.15) is 43.4 Å². The topological polar surface area (TPSA) is 0 Å². The molecule has 2 unspecified atom stereocenters. The van der Waals surface area contributed by atoms with E-state index in [0.29, 0.717) is 7.25 Å². The quantitative estimate of drug-likeness (QED) is 0.252. The fourth-order valence-electron chi connectivity index (χ4n) is 7.48. The summed E-state index contributed by atoms with van der Waals surface area (Å²) >= 11 is -2.12. The van der Waals surface area contributed by atoms with Gasteiger partial charge < -0.3 is 24.8 Å². The van der Waals surface area contributed by atoms with Crippen LogP contribution in [0.25, 0.3) is 34.4 Å². The Morgan fingerprint density at radius 3 is 1.26 bits per heavy atom. The summed E-state index contributed by atoms with van der Waals surface area (Å²) in [6.45, 7) is 24.9. The molecule has 0 N–H and O–H groups in total. The largest absolute Gasteiger partial charge is 1.00 e. The maximum Gasteiger partial charge on any atom is -1.00 e. The maximum atomic E-state index is 2.64. The van der Waals surface area contributed by atoms with Gasteiger partial charge in [0.05, 0.1) is 0 Å². The summed E-state index contributed by atoms with van der Waals surface area (Å²) in [7, 11) is -2.78. The van der Waals surface area contributed by atoms with E-state index >= 15 is 0 Å². The summed E-state index contributed by atoms with van der Waals surface area (Å²) in [6.07, 6.45) is 5.16. The monoisotopic (exact) mass is 772 g/mol. The van der Waals surface area contributed by atoms with Crippen LogP contribution in [0.15, 0.2) is 96.1 Å². The number of hydrogen-bond acceptors (Lipinski definition) is 0. The van der Waals surface area contributed by atoms with Crippen molar-refractivity contribution in [2.75, 3.05) is 0 Å². The number of allylic oxidation sites excluding steroid dienone is 2. The first kappa shape index (κ1) is 37.3.